The number of ether oxygens (including phenoxy) is 1. The van der Waals surface area contributed by atoms with E-state index < -0.39 is 0 Å². The van der Waals surface area contributed by atoms with Gasteiger partial charge < -0.3 is 14.5 Å². The lowest BCUT2D eigenvalue weighted by molar-refractivity contribution is -0.135. The van der Waals surface area contributed by atoms with Crippen LogP contribution in [0.1, 0.15) is 25.7 Å². The van der Waals surface area contributed by atoms with Gasteiger partial charge in [-0.05, 0) is 19.3 Å². The van der Waals surface area contributed by atoms with Crippen LogP contribution in [0.5, 0.6) is 5.88 Å². The molecule has 2 aliphatic rings. The first-order chi connectivity index (χ1) is 11.1. The molecule has 0 bridgehead atoms. The van der Waals surface area contributed by atoms with E-state index in [1.54, 1.807) is 12.4 Å². The van der Waals surface area contributed by atoms with Gasteiger partial charge in [0.15, 0.2) is 5.82 Å². The lowest BCUT2D eigenvalue weighted by atomic mass is 9.93. The van der Waals surface area contributed by atoms with Gasteiger partial charge in [0.2, 0.25) is 11.8 Å². The van der Waals surface area contributed by atoms with Crippen LogP contribution in [-0.2, 0) is 4.79 Å². The lowest BCUT2D eigenvalue weighted by Gasteiger charge is -2.24. The molecule has 0 spiro atoms. The van der Waals surface area contributed by atoms with Gasteiger partial charge >= 0.3 is 0 Å². The van der Waals surface area contributed by atoms with E-state index in [0.717, 1.165) is 38.0 Å². The minimum absolute atomic E-state index is 0.00444. The van der Waals surface area contributed by atoms with Crippen LogP contribution in [-0.4, -0.2) is 54.1 Å². The van der Waals surface area contributed by atoms with Gasteiger partial charge in [-0.15, -0.1) is 0 Å². The third-order valence-corrected chi connectivity index (χ3v) is 4.42. The summed E-state index contributed by atoms with van der Waals surface area (Å²) in [5.41, 5.74) is 0. The summed E-state index contributed by atoms with van der Waals surface area (Å²) in [6.07, 6.45) is 11.3. The van der Waals surface area contributed by atoms with Crippen LogP contribution >= 0.6 is 0 Å². The molecule has 1 saturated heterocycles. The summed E-state index contributed by atoms with van der Waals surface area (Å²) in [6, 6.07) is 0. The van der Waals surface area contributed by atoms with Gasteiger partial charge in [0.05, 0.1) is 18.9 Å². The van der Waals surface area contributed by atoms with Crippen molar-refractivity contribution in [3.05, 3.63) is 24.5 Å². The number of aromatic nitrogens is 2. The van der Waals surface area contributed by atoms with Crippen molar-refractivity contribution in [1.82, 2.24) is 14.9 Å². The third-order valence-electron chi connectivity index (χ3n) is 4.42. The Bertz CT molecular complexity index is 588. The largest absolute Gasteiger partial charge is 0.471 e. The number of nitrogens with zero attached hydrogens (tertiary/aromatic N) is 4. The maximum absolute atomic E-state index is 12.5. The molecule has 0 radical (unpaired) electrons. The summed E-state index contributed by atoms with van der Waals surface area (Å²) in [6.45, 7) is 1.41. The van der Waals surface area contributed by atoms with E-state index in [1.165, 1.54) is 0 Å². The molecule has 0 N–H and O–H groups in total. The molecule has 0 saturated carbocycles. The Kier molecular flexibility index (Phi) is 4.79. The fraction of sp³-hybridized carbons (Fsp3) is 0.588. The first-order valence-electron chi connectivity index (χ1n) is 8.23. The number of carbonyl (C=O) groups is 1. The average molecular weight is 316 g/mol. The minimum Gasteiger partial charge on any atom is -0.471 e. The fourth-order valence-corrected chi connectivity index (χ4v) is 3.08. The van der Waals surface area contributed by atoms with Crippen LogP contribution in [0.15, 0.2) is 24.5 Å². The molecule has 1 fully saturated rings. The van der Waals surface area contributed by atoms with Gasteiger partial charge in [-0.1, -0.05) is 12.2 Å². The van der Waals surface area contributed by atoms with E-state index in [-0.39, 0.29) is 17.9 Å². The Labute approximate surface area is 137 Å². The summed E-state index contributed by atoms with van der Waals surface area (Å²) < 4.78 is 5.93. The predicted octanol–water partition coefficient (Wildman–Crippen LogP) is 1.88. The maximum Gasteiger partial charge on any atom is 0.234 e. The highest BCUT2D eigenvalue weighted by atomic mass is 16.5. The number of amides is 1. The quantitative estimate of drug-likeness (QED) is 0.794. The van der Waals surface area contributed by atoms with Crippen molar-refractivity contribution in [1.29, 1.82) is 0 Å². The summed E-state index contributed by atoms with van der Waals surface area (Å²) >= 11 is 0. The standard InChI is InChI=1S/C17H24N4O2/c1-20(2)15-10-18-11-16(19-15)23-14-8-9-21(12-14)17(22)13-6-4-3-5-7-13/h3-4,10-11,13-14H,5-9,12H2,1-2H3/t13-,14+/m1/s1. The molecule has 6 nitrogen and oxygen atoms in total. The number of anilines is 1. The van der Waals surface area contributed by atoms with E-state index >= 15 is 0 Å². The number of likely N-dealkylation sites (tertiary alicyclic amines) is 1. The summed E-state index contributed by atoms with van der Waals surface area (Å²) in [7, 11) is 3.84. The Morgan fingerprint density at radius 2 is 2.17 bits per heavy atom. The van der Waals surface area contributed by atoms with Crippen LogP contribution in [0.25, 0.3) is 0 Å². The number of rotatable bonds is 4. The first kappa shape index (κ1) is 15.8. The lowest BCUT2D eigenvalue weighted by Crippen LogP contribution is -2.36. The molecule has 6 heteroatoms. The Morgan fingerprint density at radius 3 is 2.91 bits per heavy atom. The summed E-state index contributed by atoms with van der Waals surface area (Å²) in [5, 5.41) is 0. The van der Waals surface area contributed by atoms with Gasteiger partial charge in [-0.2, -0.15) is 4.98 Å². The molecule has 2 atom stereocenters. The highest BCUT2D eigenvalue weighted by Crippen LogP contribution is 2.24. The molecule has 124 valence electrons. The smallest absolute Gasteiger partial charge is 0.234 e. The number of hydrogen-bond donors (Lipinski definition) is 0. The van der Waals surface area contributed by atoms with E-state index in [1.807, 2.05) is 23.9 Å². The predicted molar refractivity (Wildman–Crippen MR) is 88.5 cm³/mol. The molecule has 3 rings (SSSR count). The topological polar surface area (TPSA) is 58.6 Å². The molecule has 1 aromatic rings. The van der Waals surface area contributed by atoms with Crippen molar-refractivity contribution in [2.45, 2.75) is 31.8 Å². The fourth-order valence-electron chi connectivity index (χ4n) is 3.08. The zero-order valence-corrected chi connectivity index (χ0v) is 13.8. The normalized spacial score (nSPS) is 23.8. The minimum atomic E-state index is 0.00444. The van der Waals surface area contributed by atoms with Crippen LogP contribution < -0.4 is 9.64 Å². The third kappa shape index (κ3) is 3.81. The van der Waals surface area contributed by atoms with Crippen LogP contribution in [0.3, 0.4) is 0 Å². The molecule has 1 aliphatic carbocycles. The zero-order valence-electron chi connectivity index (χ0n) is 13.8. The van der Waals surface area contributed by atoms with Gasteiger partial charge in [-0.3, -0.25) is 9.78 Å². The molecule has 0 unspecified atom stereocenters. The highest BCUT2D eigenvalue weighted by molar-refractivity contribution is 5.79. The molecular formula is C17H24N4O2. The van der Waals surface area contributed by atoms with Crippen molar-refractivity contribution < 1.29 is 9.53 Å². The van der Waals surface area contributed by atoms with Gasteiger partial charge in [0, 0.05) is 33.0 Å². The second kappa shape index (κ2) is 6.98. The van der Waals surface area contributed by atoms with Gasteiger partial charge in [0.25, 0.3) is 0 Å². The summed E-state index contributed by atoms with van der Waals surface area (Å²) in [4.78, 5) is 25.0. The van der Waals surface area contributed by atoms with Crippen molar-refractivity contribution in [2.75, 3.05) is 32.1 Å². The monoisotopic (exact) mass is 316 g/mol. The van der Waals surface area contributed by atoms with E-state index in [9.17, 15) is 4.79 Å². The molecule has 1 aromatic heterocycles. The van der Waals surface area contributed by atoms with Crippen molar-refractivity contribution in [2.24, 2.45) is 5.92 Å². The average Bonchev–Trinajstić information content (AvgIpc) is 3.03. The van der Waals surface area contributed by atoms with Crippen LogP contribution in [0, 0.1) is 5.92 Å². The van der Waals surface area contributed by atoms with E-state index in [4.69, 9.17) is 4.74 Å². The number of hydrogen-bond acceptors (Lipinski definition) is 5. The Hall–Kier alpha value is -2.11. The van der Waals surface area contributed by atoms with Crippen LogP contribution in [0.4, 0.5) is 5.82 Å². The SMILES string of the molecule is CN(C)c1cncc(O[C@H]2CCN(C(=O)[C@@H]3CC=CCC3)C2)n1. The van der Waals surface area contributed by atoms with Gasteiger partial charge in [-0.25, -0.2) is 0 Å². The molecular weight excluding hydrogens is 292 g/mol. The van der Waals surface area contributed by atoms with Crippen LogP contribution in [0.2, 0.25) is 0 Å². The molecule has 1 aliphatic heterocycles. The Morgan fingerprint density at radius 1 is 1.30 bits per heavy atom. The molecule has 0 aromatic carbocycles. The Balaban J connectivity index is 1.56. The number of carbonyl (C=O) groups excluding carboxylic acids is 1. The molecule has 2 heterocycles. The van der Waals surface area contributed by atoms with Gasteiger partial charge in [0.1, 0.15) is 6.10 Å². The van der Waals surface area contributed by atoms with Crippen molar-refractivity contribution in [3.63, 3.8) is 0 Å². The maximum atomic E-state index is 12.5. The summed E-state index contributed by atoms with van der Waals surface area (Å²) in [5.74, 6) is 1.71. The van der Waals surface area contributed by atoms with E-state index in [0.29, 0.717) is 12.4 Å². The molecule has 23 heavy (non-hydrogen) atoms. The first-order valence-corrected chi connectivity index (χ1v) is 8.23. The second-order valence-electron chi connectivity index (χ2n) is 6.40. The second-order valence-corrected chi connectivity index (χ2v) is 6.40. The highest BCUT2D eigenvalue weighted by Gasteiger charge is 2.31. The van der Waals surface area contributed by atoms with E-state index in [2.05, 4.69) is 22.1 Å². The van der Waals surface area contributed by atoms with Crippen molar-refractivity contribution >= 4 is 11.7 Å². The number of allylic oxidation sites excluding steroid dienone is 2. The zero-order chi connectivity index (χ0) is 16.2. The molecule has 1 amide bonds. The van der Waals surface area contributed by atoms with Crippen molar-refractivity contribution in [3.8, 4) is 5.88 Å².